The highest BCUT2D eigenvalue weighted by molar-refractivity contribution is 5.96. The molecule has 0 aromatic heterocycles. The molecule has 2 aromatic carbocycles. The van der Waals surface area contributed by atoms with Crippen molar-refractivity contribution in [3.05, 3.63) is 65.2 Å². The molecule has 4 nitrogen and oxygen atoms in total. The van der Waals surface area contributed by atoms with Crippen molar-refractivity contribution in [3.63, 3.8) is 0 Å². The molecule has 0 saturated carbocycles. The molecule has 1 fully saturated rings. The van der Waals surface area contributed by atoms with Gasteiger partial charge in [-0.05, 0) is 29.2 Å². The fraction of sp³-hybridized carbons (Fsp3) is 0.350. The number of hydrogen-bond donors (Lipinski definition) is 1. The molecule has 0 bridgehead atoms. The molecule has 24 heavy (non-hydrogen) atoms. The maximum absolute atomic E-state index is 12.4. The molecule has 2 aromatic rings. The van der Waals surface area contributed by atoms with Crippen LogP contribution in [0.3, 0.4) is 0 Å². The number of carbonyl (C=O) groups excluding carboxylic acids is 1. The summed E-state index contributed by atoms with van der Waals surface area (Å²) >= 11 is 0. The van der Waals surface area contributed by atoms with Crippen molar-refractivity contribution in [2.24, 2.45) is 5.92 Å². The van der Waals surface area contributed by atoms with E-state index in [9.17, 15) is 4.79 Å². The van der Waals surface area contributed by atoms with Gasteiger partial charge in [0.1, 0.15) is 5.75 Å². The van der Waals surface area contributed by atoms with Gasteiger partial charge >= 0.3 is 0 Å². The minimum Gasteiger partial charge on any atom is -0.497 e. The first-order valence-electron chi connectivity index (χ1n) is 8.47. The SMILES string of the molecule is COc1ccc2c(c1)C(=O)NC[C@H]1CN(Cc3ccccc3)CC21. The molecule has 0 spiro atoms. The van der Waals surface area contributed by atoms with E-state index in [2.05, 4.69) is 46.6 Å². The Bertz CT molecular complexity index is 745. The minimum absolute atomic E-state index is 0.0212. The molecule has 2 atom stereocenters. The molecule has 2 heterocycles. The second-order valence-corrected chi connectivity index (χ2v) is 6.71. The van der Waals surface area contributed by atoms with Gasteiger partial charge in [-0.3, -0.25) is 9.69 Å². The number of benzene rings is 2. The monoisotopic (exact) mass is 322 g/mol. The number of methoxy groups -OCH3 is 1. The maximum Gasteiger partial charge on any atom is 0.251 e. The zero-order valence-corrected chi connectivity index (χ0v) is 13.9. The lowest BCUT2D eigenvalue weighted by molar-refractivity contribution is 0.0950. The molecule has 124 valence electrons. The van der Waals surface area contributed by atoms with Gasteiger partial charge in [0.15, 0.2) is 0 Å². The van der Waals surface area contributed by atoms with Gasteiger partial charge in [0.05, 0.1) is 7.11 Å². The lowest BCUT2D eigenvalue weighted by Gasteiger charge is -2.18. The van der Waals surface area contributed by atoms with Crippen LogP contribution in [0, 0.1) is 5.92 Å². The van der Waals surface area contributed by atoms with Crippen LogP contribution in [0.15, 0.2) is 48.5 Å². The Kier molecular flexibility index (Phi) is 3.98. The number of rotatable bonds is 3. The van der Waals surface area contributed by atoms with Crippen molar-refractivity contribution in [2.45, 2.75) is 12.5 Å². The van der Waals surface area contributed by atoms with Crippen molar-refractivity contribution in [1.29, 1.82) is 0 Å². The van der Waals surface area contributed by atoms with Crippen LogP contribution in [0.25, 0.3) is 0 Å². The fourth-order valence-electron chi connectivity index (χ4n) is 3.99. The predicted molar refractivity (Wildman–Crippen MR) is 93.3 cm³/mol. The Hall–Kier alpha value is -2.33. The third kappa shape index (κ3) is 2.78. The van der Waals surface area contributed by atoms with Crippen molar-refractivity contribution < 1.29 is 9.53 Å². The van der Waals surface area contributed by atoms with Crippen molar-refractivity contribution in [3.8, 4) is 5.75 Å². The first kappa shape index (κ1) is 15.2. The molecule has 1 amide bonds. The molecule has 2 aliphatic rings. The van der Waals surface area contributed by atoms with E-state index in [-0.39, 0.29) is 5.91 Å². The summed E-state index contributed by atoms with van der Waals surface area (Å²) in [5.74, 6) is 1.62. The summed E-state index contributed by atoms with van der Waals surface area (Å²) in [6, 6.07) is 16.5. The summed E-state index contributed by atoms with van der Waals surface area (Å²) < 4.78 is 5.29. The van der Waals surface area contributed by atoms with Crippen molar-refractivity contribution >= 4 is 5.91 Å². The maximum atomic E-state index is 12.4. The Balaban J connectivity index is 1.60. The van der Waals surface area contributed by atoms with Gasteiger partial charge in [0.25, 0.3) is 5.91 Å². The molecular weight excluding hydrogens is 300 g/mol. The van der Waals surface area contributed by atoms with E-state index in [1.165, 1.54) is 5.56 Å². The van der Waals surface area contributed by atoms with Crippen LogP contribution in [0.2, 0.25) is 0 Å². The number of carbonyl (C=O) groups is 1. The van der Waals surface area contributed by atoms with Crippen LogP contribution in [-0.2, 0) is 6.54 Å². The largest absolute Gasteiger partial charge is 0.497 e. The predicted octanol–water partition coefficient (Wildman–Crippen LogP) is 2.65. The Morgan fingerprint density at radius 1 is 1.17 bits per heavy atom. The summed E-state index contributed by atoms with van der Waals surface area (Å²) in [6.45, 7) is 3.72. The van der Waals surface area contributed by atoms with E-state index < -0.39 is 0 Å². The Morgan fingerprint density at radius 3 is 2.79 bits per heavy atom. The number of fused-ring (bicyclic) bond motifs is 3. The third-order valence-electron chi connectivity index (χ3n) is 5.20. The zero-order valence-electron chi connectivity index (χ0n) is 13.9. The average molecular weight is 322 g/mol. The number of ether oxygens (including phenoxy) is 1. The number of likely N-dealkylation sites (tertiary alicyclic amines) is 1. The van der Waals surface area contributed by atoms with Gasteiger partial charge < -0.3 is 10.1 Å². The first-order valence-corrected chi connectivity index (χ1v) is 8.47. The molecule has 1 N–H and O–H groups in total. The average Bonchev–Trinajstić information content (AvgIpc) is 2.97. The Labute approximate surface area is 142 Å². The second-order valence-electron chi connectivity index (χ2n) is 6.71. The van der Waals surface area contributed by atoms with Crippen LogP contribution >= 0.6 is 0 Å². The molecule has 2 aliphatic heterocycles. The lowest BCUT2D eigenvalue weighted by atomic mass is 9.87. The molecule has 0 aliphatic carbocycles. The number of nitrogens with zero attached hydrogens (tertiary/aromatic N) is 1. The summed E-state index contributed by atoms with van der Waals surface area (Å²) in [5.41, 5.74) is 3.27. The molecule has 0 radical (unpaired) electrons. The van der Waals surface area contributed by atoms with Gasteiger partial charge in [0, 0.05) is 37.7 Å². The first-order chi connectivity index (χ1) is 11.7. The highest BCUT2D eigenvalue weighted by Crippen LogP contribution is 2.37. The number of amides is 1. The molecule has 1 saturated heterocycles. The highest BCUT2D eigenvalue weighted by atomic mass is 16.5. The lowest BCUT2D eigenvalue weighted by Crippen LogP contribution is -2.29. The molecule has 1 unspecified atom stereocenters. The van der Waals surface area contributed by atoms with E-state index in [4.69, 9.17) is 4.74 Å². The molecular formula is C20H22N2O2. The number of nitrogens with one attached hydrogen (secondary N) is 1. The van der Waals surface area contributed by atoms with E-state index in [1.807, 2.05) is 12.1 Å². The fourth-order valence-corrected chi connectivity index (χ4v) is 3.99. The Morgan fingerprint density at radius 2 is 2.00 bits per heavy atom. The quantitative estimate of drug-likeness (QED) is 0.944. The van der Waals surface area contributed by atoms with Gasteiger partial charge in [0.2, 0.25) is 0 Å². The normalized spacial score (nSPS) is 23.1. The third-order valence-corrected chi connectivity index (χ3v) is 5.20. The van der Waals surface area contributed by atoms with Crippen LogP contribution in [0.5, 0.6) is 5.75 Å². The van der Waals surface area contributed by atoms with E-state index in [0.717, 1.165) is 43.1 Å². The van der Waals surface area contributed by atoms with Crippen LogP contribution in [-0.4, -0.2) is 37.6 Å². The minimum atomic E-state index is 0.0212. The van der Waals surface area contributed by atoms with Gasteiger partial charge in [-0.2, -0.15) is 0 Å². The summed E-state index contributed by atoms with van der Waals surface area (Å²) in [6.07, 6.45) is 0. The smallest absolute Gasteiger partial charge is 0.251 e. The van der Waals surface area contributed by atoms with Crippen LogP contribution in [0.4, 0.5) is 0 Å². The molecule has 4 rings (SSSR count). The highest BCUT2D eigenvalue weighted by Gasteiger charge is 2.38. The van der Waals surface area contributed by atoms with Crippen LogP contribution in [0.1, 0.15) is 27.4 Å². The van der Waals surface area contributed by atoms with E-state index in [0.29, 0.717) is 11.8 Å². The topological polar surface area (TPSA) is 41.6 Å². The van der Waals surface area contributed by atoms with Crippen molar-refractivity contribution in [1.82, 2.24) is 10.2 Å². The second kappa shape index (κ2) is 6.29. The standard InChI is InChI=1S/C20H22N2O2/c1-24-16-7-8-17-18(9-16)20(23)21-10-15-12-22(13-19(15)17)11-14-5-3-2-4-6-14/h2-9,15,19H,10-13H2,1H3,(H,21,23)/t15-,19?/m0/s1. The summed E-state index contributed by atoms with van der Waals surface area (Å²) in [7, 11) is 1.64. The van der Waals surface area contributed by atoms with Crippen LogP contribution < -0.4 is 10.1 Å². The summed E-state index contributed by atoms with van der Waals surface area (Å²) in [4.78, 5) is 14.9. The molecule has 4 heteroatoms. The van der Waals surface area contributed by atoms with Gasteiger partial charge in [-0.1, -0.05) is 36.4 Å². The van der Waals surface area contributed by atoms with Gasteiger partial charge in [-0.15, -0.1) is 0 Å². The summed E-state index contributed by atoms with van der Waals surface area (Å²) in [5, 5.41) is 3.09. The van der Waals surface area contributed by atoms with E-state index in [1.54, 1.807) is 7.11 Å². The number of hydrogen-bond acceptors (Lipinski definition) is 3. The zero-order chi connectivity index (χ0) is 16.5. The van der Waals surface area contributed by atoms with E-state index >= 15 is 0 Å². The van der Waals surface area contributed by atoms with Gasteiger partial charge in [-0.25, -0.2) is 0 Å². The van der Waals surface area contributed by atoms with Crippen molar-refractivity contribution in [2.75, 3.05) is 26.7 Å².